The van der Waals surface area contributed by atoms with Crippen LogP contribution in [0.2, 0.25) is 0 Å². The second kappa shape index (κ2) is 5.26. The average molecular weight is 301 g/mol. The molecular formula is C17H13F2NO2. The molecule has 5 heteroatoms. The van der Waals surface area contributed by atoms with Crippen LogP contribution in [-0.4, -0.2) is 13.0 Å². The zero-order valence-electron chi connectivity index (χ0n) is 12.0. The number of aryl methyl sites for hydroxylation is 1. The van der Waals surface area contributed by atoms with E-state index in [4.69, 9.17) is 4.42 Å². The second-order valence-corrected chi connectivity index (χ2v) is 4.99. The minimum Gasteiger partial charge on any atom is -0.455 e. The topological polar surface area (TPSA) is 42.2 Å². The van der Waals surface area contributed by atoms with Crippen LogP contribution < -0.4 is 5.32 Å². The fourth-order valence-corrected chi connectivity index (χ4v) is 2.37. The van der Waals surface area contributed by atoms with E-state index in [1.807, 2.05) is 0 Å². The molecule has 112 valence electrons. The van der Waals surface area contributed by atoms with E-state index in [9.17, 15) is 13.6 Å². The Morgan fingerprint density at radius 3 is 2.45 bits per heavy atom. The Labute approximate surface area is 125 Å². The summed E-state index contributed by atoms with van der Waals surface area (Å²) in [5.74, 6) is -0.895. The van der Waals surface area contributed by atoms with Crippen LogP contribution in [0.4, 0.5) is 8.78 Å². The molecule has 3 aromatic rings. The maximum atomic E-state index is 13.8. The normalized spacial score (nSPS) is 10.9. The second-order valence-electron chi connectivity index (χ2n) is 4.99. The monoisotopic (exact) mass is 301 g/mol. The molecule has 3 nitrogen and oxygen atoms in total. The average Bonchev–Trinajstić information content (AvgIpc) is 2.86. The highest BCUT2D eigenvalue weighted by Gasteiger charge is 2.22. The van der Waals surface area contributed by atoms with Crippen LogP contribution in [0.15, 0.2) is 40.8 Å². The molecule has 0 unspecified atom stereocenters. The van der Waals surface area contributed by atoms with Gasteiger partial charge in [0.1, 0.15) is 23.0 Å². The summed E-state index contributed by atoms with van der Waals surface area (Å²) in [5.41, 5.74) is 1.63. The molecule has 0 bridgehead atoms. The van der Waals surface area contributed by atoms with E-state index in [1.54, 1.807) is 13.0 Å². The lowest BCUT2D eigenvalue weighted by Gasteiger charge is -2.02. The van der Waals surface area contributed by atoms with Crippen LogP contribution >= 0.6 is 0 Å². The number of rotatable bonds is 2. The third kappa shape index (κ3) is 2.24. The van der Waals surface area contributed by atoms with E-state index in [-0.39, 0.29) is 17.3 Å². The summed E-state index contributed by atoms with van der Waals surface area (Å²) < 4.78 is 32.7. The zero-order valence-corrected chi connectivity index (χ0v) is 12.0. The molecule has 1 amide bonds. The van der Waals surface area contributed by atoms with E-state index in [2.05, 4.69) is 5.32 Å². The largest absolute Gasteiger partial charge is 0.455 e. The Morgan fingerprint density at radius 2 is 1.82 bits per heavy atom. The van der Waals surface area contributed by atoms with E-state index in [0.717, 1.165) is 0 Å². The molecule has 0 aliphatic heterocycles. The number of furan rings is 1. The van der Waals surface area contributed by atoms with Gasteiger partial charge in [0.15, 0.2) is 0 Å². The minimum atomic E-state index is -0.413. The predicted octanol–water partition coefficient (Wildman–Crippen LogP) is 4.05. The Kier molecular flexibility index (Phi) is 3.41. The van der Waals surface area contributed by atoms with Crippen molar-refractivity contribution >= 4 is 16.9 Å². The molecule has 22 heavy (non-hydrogen) atoms. The van der Waals surface area contributed by atoms with Gasteiger partial charge in [-0.05, 0) is 48.9 Å². The van der Waals surface area contributed by atoms with Gasteiger partial charge in [-0.2, -0.15) is 0 Å². The SMILES string of the molecule is CNC(=O)c1c(-c2ccc(F)cc2)oc2cc(C)c(F)cc12. The molecule has 1 heterocycles. The molecule has 0 atom stereocenters. The molecule has 0 aliphatic carbocycles. The highest BCUT2D eigenvalue weighted by Crippen LogP contribution is 2.34. The number of carbonyl (C=O) groups excluding carboxylic acids is 1. The molecule has 0 spiro atoms. The quantitative estimate of drug-likeness (QED) is 0.776. The molecule has 0 fully saturated rings. The van der Waals surface area contributed by atoms with Gasteiger partial charge < -0.3 is 9.73 Å². The van der Waals surface area contributed by atoms with Crippen molar-refractivity contribution in [3.8, 4) is 11.3 Å². The molecule has 0 radical (unpaired) electrons. The van der Waals surface area contributed by atoms with Crippen LogP contribution in [0.3, 0.4) is 0 Å². The summed E-state index contributed by atoms with van der Waals surface area (Å²) in [7, 11) is 1.49. The number of carbonyl (C=O) groups is 1. The van der Waals surface area contributed by atoms with Crippen LogP contribution in [0.5, 0.6) is 0 Å². The number of fused-ring (bicyclic) bond motifs is 1. The third-order valence-corrected chi connectivity index (χ3v) is 3.53. The number of amides is 1. The molecule has 1 aromatic heterocycles. The molecule has 1 N–H and O–H groups in total. The summed E-state index contributed by atoms with van der Waals surface area (Å²) in [4.78, 5) is 12.2. The van der Waals surface area contributed by atoms with Gasteiger partial charge in [-0.1, -0.05) is 0 Å². The van der Waals surface area contributed by atoms with Crippen LogP contribution in [0, 0.1) is 18.6 Å². The lowest BCUT2D eigenvalue weighted by molar-refractivity contribution is 0.0964. The lowest BCUT2D eigenvalue weighted by atomic mass is 10.0. The standard InChI is InChI=1S/C17H13F2NO2/c1-9-7-14-12(8-13(9)19)15(17(21)20-2)16(22-14)10-3-5-11(18)6-4-10/h3-8H,1-2H3,(H,20,21). The van der Waals surface area contributed by atoms with Gasteiger partial charge >= 0.3 is 0 Å². The van der Waals surface area contributed by atoms with Gasteiger partial charge in [-0.3, -0.25) is 4.79 Å². The van der Waals surface area contributed by atoms with Crippen molar-refractivity contribution in [2.75, 3.05) is 7.05 Å². The number of hydrogen-bond donors (Lipinski definition) is 1. The number of benzene rings is 2. The Hall–Kier alpha value is -2.69. The highest BCUT2D eigenvalue weighted by atomic mass is 19.1. The van der Waals surface area contributed by atoms with Crippen LogP contribution in [0.25, 0.3) is 22.3 Å². The third-order valence-electron chi connectivity index (χ3n) is 3.53. The van der Waals surface area contributed by atoms with Crippen molar-refractivity contribution in [2.24, 2.45) is 0 Å². The first-order chi connectivity index (χ1) is 10.5. The first-order valence-corrected chi connectivity index (χ1v) is 6.72. The minimum absolute atomic E-state index is 0.239. The summed E-state index contributed by atoms with van der Waals surface area (Å²) >= 11 is 0. The molecule has 0 saturated heterocycles. The van der Waals surface area contributed by atoms with E-state index in [0.29, 0.717) is 27.9 Å². The van der Waals surface area contributed by atoms with Crippen LogP contribution in [0.1, 0.15) is 15.9 Å². The number of nitrogens with one attached hydrogen (secondary N) is 1. The molecule has 0 aliphatic rings. The summed E-state index contributed by atoms with van der Waals surface area (Å²) in [5, 5.41) is 2.91. The maximum absolute atomic E-state index is 13.8. The summed E-state index contributed by atoms with van der Waals surface area (Å²) in [6.45, 7) is 1.62. The van der Waals surface area contributed by atoms with Crippen molar-refractivity contribution < 1.29 is 18.0 Å². The first-order valence-electron chi connectivity index (χ1n) is 6.72. The fourth-order valence-electron chi connectivity index (χ4n) is 2.37. The van der Waals surface area contributed by atoms with E-state index in [1.165, 1.54) is 37.4 Å². The number of hydrogen-bond acceptors (Lipinski definition) is 2. The Balaban J connectivity index is 2.33. The highest BCUT2D eigenvalue weighted by molar-refractivity contribution is 6.11. The van der Waals surface area contributed by atoms with Gasteiger partial charge in [0.2, 0.25) is 0 Å². The first kappa shape index (κ1) is 14.3. The molecule has 0 saturated carbocycles. The van der Waals surface area contributed by atoms with Crippen molar-refractivity contribution in [3.63, 3.8) is 0 Å². The van der Waals surface area contributed by atoms with Crippen molar-refractivity contribution in [3.05, 3.63) is 59.2 Å². The smallest absolute Gasteiger partial charge is 0.255 e. The Bertz CT molecular complexity index is 866. The van der Waals surface area contributed by atoms with Gasteiger partial charge in [-0.25, -0.2) is 8.78 Å². The van der Waals surface area contributed by atoms with Gasteiger partial charge in [-0.15, -0.1) is 0 Å². The Morgan fingerprint density at radius 1 is 1.14 bits per heavy atom. The fraction of sp³-hybridized carbons (Fsp3) is 0.118. The predicted molar refractivity (Wildman–Crippen MR) is 79.7 cm³/mol. The van der Waals surface area contributed by atoms with Crippen molar-refractivity contribution in [1.82, 2.24) is 5.32 Å². The van der Waals surface area contributed by atoms with Crippen LogP contribution in [-0.2, 0) is 0 Å². The van der Waals surface area contributed by atoms with E-state index < -0.39 is 5.82 Å². The van der Waals surface area contributed by atoms with E-state index >= 15 is 0 Å². The molecule has 2 aromatic carbocycles. The van der Waals surface area contributed by atoms with Gasteiger partial charge in [0.05, 0.1) is 5.56 Å². The van der Waals surface area contributed by atoms with Crippen molar-refractivity contribution in [2.45, 2.75) is 6.92 Å². The number of halogens is 2. The van der Waals surface area contributed by atoms with Gasteiger partial charge in [0, 0.05) is 18.0 Å². The van der Waals surface area contributed by atoms with Crippen molar-refractivity contribution in [1.29, 1.82) is 0 Å². The lowest BCUT2D eigenvalue weighted by Crippen LogP contribution is -2.18. The summed E-state index contributed by atoms with van der Waals surface area (Å²) in [6.07, 6.45) is 0. The molecule has 3 rings (SSSR count). The maximum Gasteiger partial charge on any atom is 0.255 e. The van der Waals surface area contributed by atoms with Gasteiger partial charge in [0.25, 0.3) is 5.91 Å². The zero-order chi connectivity index (χ0) is 15.9. The summed E-state index contributed by atoms with van der Waals surface area (Å²) in [6, 6.07) is 8.42. The molecular weight excluding hydrogens is 288 g/mol.